The number of nitrogens with zero attached hydrogens (tertiary/aromatic N) is 6. The number of halogens is 2. The number of anilines is 3. The van der Waals surface area contributed by atoms with Crippen LogP contribution in [0.15, 0.2) is 41.5 Å². The van der Waals surface area contributed by atoms with Crippen LogP contribution >= 0.6 is 0 Å². The van der Waals surface area contributed by atoms with Crippen LogP contribution in [0.3, 0.4) is 0 Å². The highest BCUT2D eigenvalue weighted by Crippen LogP contribution is 2.32. The predicted octanol–water partition coefficient (Wildman–Crippen LogP) is 4.32. The van der Waals surface area contributed by atoms with Gasteiger partial charge >= 0.3 is 0 Å². The van der Waals surface area contributed by atoms with Gasteiger partial charge in [0, 0.05) is 42.5 Å². The van der Waals surface area contributed by atoms with E-state index >= 15 is 0 Å². The summed E-state index contributed by atoms with van der Waals surface area (Å²) in [5, 5.41) is 17.1. The van der Waals surface area contributed by atoms with Crippen molar-refractivity contribution in [2.45, 2.75) is 52.5 Å². The number of likely N-dealkylation sites (tertiary alicyclic amines) is 1. The second-order valence-electron chi connectivity index (χ2n) is 11.7. The maximum Gasteiger partial charge on any atom is 0.287 e. The second kappa shape index (κ2) is 10.7. The van der Waals surface area contributed by atoms with Crippen LogP contribution in [0.25, 0.3) is 11.3 Å². The van der Waals surface area contributed by atoms with E-state index in [0.717, 1.165) is 22.5 Å². The summed E-state index contributed by atoms with van der Waals surface area (Å²) < 4.78 is 28.0. The quantitative estimate of drug-likeness (QED) is 0.296. The zero-order valence-electron chi connectivity index (χ0n) is 24.3. The molecule has 0 atom stereocenters. The molecular weight excluding hydrogens is 544 g/mol. The molecule has 0 saturated carbocycles. The van der Waals surface area contributed by atoms with Crippen molar-refractivity contribution >= 4 is 23.1 Å². The highest BCUT2D eigenvalue weighted by molar-refractivity contribution is 6.04. The lowest BCUT2D eigenvalue weighted by atomic mass is 9.93. The van der Waals surface area contributed by atoms with Crippen molar-refractivity contribution in [2.75, 3.05) is 23.7 Å². The molecule has 1 saturated heterocycles. The summed E-state index contributed by atoms with van der Waals surface area (Å²) in [6.07, 6.45) is 3.07. The highest BCUT2D eigenvalue weighted by atomic mass is 19.3. The Balaban J connectivity index is 1.36. The number of aromatic nitrogens is 6. The summed E-state index contributed by atoms with van der Waals surface area (Å²) in [5.74, 6) is -2.64. The summed E-state index contributed by atoms with van der Waals surface area (Å²) in [7, 11) is 1.72. The molecule has 0 bridgehead atoms. The Morgan fingerprint density at radius 1 is 1.12 bits per heavy atom. The Hall–Kier alpha value is -4.52. The second-order valence-corrected chi connectivity index (χ2v) is 11.7. The number of hydrogen-bond donors (Lipinski definition) is 3. The highest BCUT2D eigenvalue weighted by Gasteiger charge is 2.43. The number of benzene rings is 1. The number of carbonyl (C=O) groups is 1. The first kappa shape index (κ1) is 29.0. The van der Waals surface area contributed by atoms with Gasteiger partial charge in [0.2, 0.25) is 0 Å². The zero-order chi connectivity index (χ0) is 30.4. The van der Waals surface area contributed by atoms with Crippen molar-refractivity contribution in [2.24, 2.45) is 7.05 Å². The van der Waals surface area contributed by atoms with Crippen molar-refractivity contribution in [3.63, 3.8) is 0 Å². The average Bonchev–Trinajstić information content (AvgIpc) is 3.24. The third-order valence-electron chi connectivity index (χ3n) is 7.18. The van der Waals surface area contributed by atoms with Crippen molar-refractivity contribution in [3.05, 3.63) is 75.2 Å². The van der Waals surface area contributed by atoms with Crippen LogP contribution in [0, 0.1) is 13.8 Å². The van der Waals surface area contributed by atoms with Gasteiger partial charge in [-0.25, -0.2) is 18.9 Å². The molecule has 11 nitrogen and oxygen atoms in total. The van der Waals surface area contributed by atoms with Gasteiger partial charge in [-0.1, -0.05) is 32.9 Å². The third kappa shape index (κ3) is 6.05. The number of aryl methyl sites for hydroxylation is 2. The lowest BCUT2D eigenvalue weighted by molar-refractivity contribution is -0.134. The number of hydrogen-bond acceptors (Lipinski definition) is 8. The molecule has 3 aromatic heterocycles. The molecule has 4 heterocycles. The number of rotatable bonds is 7. The van der Waals surface area contributed by atoms with E-state index in [1.165, 1.54) is 6.20 Å². The molecule has 0 spiro atoms. The molecule has 0 unspecified atom stereocenters. The summed E-state index contributed by atoms with van der Waals surface area (Å²) in [5.41, 5.74) is 4.63. The molecule has 1 fully saturated rings. The number of alkyl halides is 2. The minimum Gasteiger partial charge on any atom is -0.334 e. The molecule has 3 N–H and O–H groups in total. The Bertz CT molecular complexity index is 1700. The zero-order valence-corrected chi connectivity index (χ0v) is 24.3. The van der Waals surface area contributed by atoms with E-state index in [0.29, 0.717) is 29.3 Å². The molecular formula is C29H33F2N9O2. The van der Waals surface area contributed by atoms with Gasteiger partial charge in [-0.2, -0.15) is 10.2 Å². The van der Waals surface area contributed by atoms with Gasteiger partial charge in [0.25, 0.3) is 17.4 Å². The van der Waals surface area contributed by atoms with Crippen LogP contribution in [-0.4, -0.2) is 59.8 Å². The average molecular weight is 578 g/mol. The molecule has 220 valence electrons. The molecule has 0 aliphatic carbocycles. The van der Waals surface area contributed by atoms with Gasteiger partial charge in [-0.15, -0.1) is 0 Å². The van der Waals surface area contributed by atoms with Crippen LogP contribution in [-0.2, 0) is 19.0 Å². The van der Waals surface area contributed by atoms with Crippen LogP contribution in [0.4, 0.5) is 26.0 Å². The summed E-state index contributed by atoms with van der Waals surface area (Å²) in [4.78, 5) is 36.0. The molecule has 4 aromatic rings. The fourth-order valence-corrected chi connectivity index (χ4v) is 4.77. The minimum atomic E-state index is -2.65. The van der Waals surface area contributed by atoms with E-state index in [1.54, 1.807) is 35.0 Å². The molecule has 1 aliphatic heterocycles. The first-order valence-electron chi connectivity index (χ1n) is 13.4. The van der Waals surface area contributed by atoms with E-state index in [-0.39, 0.29) is 29.9 Å². The fourth-order valence-electron chi connectivity index (χ4n) is 4.77. The van der Waals surface area contributed by atoms with Crippen LogP contribution < -0.4 is 16.2 Å². The molecule has 1 amide bonds. The van der Waals surface area contributed by atoms with E-state index in [2.05, 4.69) is 35.9 Å². The molecule has 42 heavy (non-hydrogen) atoms. The van der Waals surface area contributed by atoms with Crippen molar-refractivity contribution in [3.8, 4) is 11.3 Å². The molecule has 0 radical (unpaired) electrons. The topological polar surface area (TPSA) is 134 Å². The first-order valence-corrected chi connectivity index (χ1v) is 13.4. The van der Waals surface area contributed by atoms with Crippen molar-refractivity contribution in [1.82, 2.24) is 34.8 Å². The Morgan fingerprint density at radius 2 is 1.86 bits per heavy atom. The van der Waals surface area contributed by atoms with E-state index < -0.39 is 17.4 Å². The van der Waals surface area contributed by atoms with Crippen LogP contribution in [0.2, 0.25) is 0 Å². The summed E-state index contributed by atoms with van der Waals surface area (Å²) in [6, 6.07) is 7.04. The van der Waals surface area contributed by atoms with Gasteiger partial charge in [0.05, 0.1) is 36.4 Å². The van der Waals surface area contributed by atoms with Gasteiger partial charge in [-0.3, -0.25) is 24.2 Å². The normalized spacial score (nSPS) is 14.9. The maximum atomic E-state index is 13.2. The molecule has 1 aromatic carbocycles. The number of amides is 1. The number of carbonyl (C=O) groups excluding carboxylic acids is 1. The largest absolute Gasteiger partial charge is 0.334 e. The third-order valence-corrected chi connectivity index (χ3v) is 7.18. The van der Waals surface area contributed by atoms with Gasteiger partial charge in [0.1, 0.15) is 11.4 Å². The predicted molar refractivity (Wildman–Crippen MR) is 155 cm³/mol. The van der Waals surface area contributed by atoms with Gasteiger partial charge < -0.3 is 10.6 Å². The van der Waals surface area contributed by atoms with Crippen LogP contribution in [0.1, 0.15) is 53.8 Å². The monoisotopic (exact) mass is 577 g/mol. The minimum absolute atomic E-state index is 0.186. The first-order chi connectivity index (χ1) is 19.7. The lowest BCUT2D eigenvalue weighted by Gasteiger charge is -2.38. The molecule has 1 aliphatic rings. The lowest BCUT2D eigenvalue weighted by Crippen LogP contribution is -2.55. The Morgan fingerprint density at radius 3 is 2.50 bits per heavy atom. The number of nitrogens with one attached hydrogen (secondary N) is 3. The molecule has 5 rings (SSSR count). The Labute approximate surface area is 241 Å². The smallest absolute Gasteiger partial charge is 0.287 e. The molecule has 13 heteroatoms. The number of aromatic amines is 1. The summed E-state index contributed by atoms with van der Waals surface area (Å²) in [6.45, 7) is 9.55. The Kier molecular flexibility index (Phi) is 7.39. The van der Waals surface area contributed by atoms with Crippen molar-refractivity contribution < 1.29 is 13.6 Å². The van der Waals surface area contributed by atoms with Gasteiger partial charge in [0.15, 0.2) is 5.82 Å². The standard InChI is InChI=1S/C29H33F2N9O2/c1-16-7-8-19(17(2)25(16)35-26(41)22-11-33-23(12-32-22)28(3,4)5)20-10-21(27(42)37-36-20)34-24-9-18(39(6)38-24)13-40-14-29(30,31)15-40/h7-12H,13-15H2,1-6H3,(H,35,41)(H,37,42)(H,34,36,38). The SMILES string of the molecule is Cc1ccc(-c2cc(Nc3cc(CN4CC(F)(F)C4)n(C)n3)c(=O)[nH]n2)c(C)c1NC(=O)c1cnc(C(C)(C)C)cn1. The van der Waals surface area contributed by atoms with E-state index in [4.69, 9.17) is 0 Å². The summed E-state index contributed by atoms with van der Waals surface area (Å²) >= 11 is 0. The van der Waals surface area contributed by atoms with Gasteiger partial charge in [-0.05, 0) is 31.0 Å². The van der Waals surface area contributed by atoms with E-state index in [1.807, 2.05) is 46.8 Å². The maximum absolute atomic E-state index is 13.2. The van der Waals surface area contributed by atoms with Crippen LogP contribution in [0.5, 0.6) is 0 Å². The van der Waals surface area contributed by atoms with Crippen molar-refractivity contribution in [1.29, 1.82) is 0 Å². The fraction of sp³-hybridized carbons (Fsp3) is 0.379. The van der Waals surface area contributed by atoms with E-state index in [9.17, 15) is 18.4 Å². The number of H-pyrrole nitrogens is 1.